The first-order valence-corrected chi connectivity index (χ1v) is 5.81. The van der Waals surface area contributed by atoms with Gasteiger partial charge < -0.3 is 11.5 Å². The number of hydrogen-bond donors (Lipinski definition) is 2. The minimum Gasteiger partial charge on any atom is -0.397 e. The summed E-state index contributed by atoms with van der Waals surface area (Å²) < 4.78 is 0. The summed E-state index contributed by atoms with van der Waals surface area (Å²) in [5.41, 5.74) is 15.1. The summed E-state index contributed by atoms with van der Waals surface area (Å²) in [5, 5.41) is 2.16. The molecule has 2 aromatic rings. The zero-order valence-electron chi connectivity index (χ0n) is 8.66. The molecule has 0 aliphatic carbocycles. The normalized spacial score (nSPS) is 10.5. The summed E-state index contributed by atoms with van der Waals surface area (Å²) in [5.74, 6) is 0. The van der Waals surface area contributed by atoms with Crippen LogP contribution in [0.2, 0.25) is 0 Å². The van der Waals surface area contributed by atoms with E-state index in [1.54, 1.807) is 11.3 Å². The highest BCUT2D eigenvalue weighted by Crippen LogP contribution is 2.29. The highest BCUT2D eigenvalue weighted by Gasteiger charge is 2.03. The smallest absolute Gasteiger partial charge is 0.0554 e. The monoisotopic (exact) mass is 218 g/mol. The Labute approximate surface area is 93.5 Å². The van der Waals surface area contributed by atoms with Crippen molar-refractivity contribution in [1.82, 2.24) is 0 Å². The van der Waals surface area contributed by atoms with Gasteiger partial charge in [-0.15, -0.1) is 11.3 Å². The van der Waals surface area contributed by atoms with Crippen molar-refractivity contribution >= 4 is 22.7 Å². The summed E-state index contributed by atoms with van der Waals surface area (Å²) >= 11 is 1.78. The van der Waals surface area contributed by atoms with Gasteiger partial charge in [0.1, 0.15) is 0 Å². The van der Waals surface area contributed by atoms with Crippen LogP contribution in [-0.4, -0.2) is 0 Å². The van der Waals surface area contributed by atoms with E-state index in [-0.39, 0.29) is 0 Å². The van der Waals surface area contributed by atoms with E-state index in [0.29, 0.717) is 11.4 Å². The van der Waals surface area contributed by atoms with Crippen LogP contribution in [0, 0.1) is 0 Å². The van der Waals surface area contributed by atoms with Crippen molar-refractivity contribution in [2.45, 2.75) is 13.3 Å². The lowest BCUT2D eigenvalue weighted by atomic mass is 10.1. The maximum atomic E-state index is 5.78. The van der Waals surface area contributed by atoms with Crippen LogP contribution in [0.3, 0.4) is 0 Å². The van der Waals surface area contributed by atoms with E-state index in [9.17, 15) is 0 Å². The Balaban J connectivity index is 2.40. The minimum absolute atomic E-state index is 0.643. The topological polar surface area (TPSA) is 52.0 Å². The molecule has 0 aliphatic heterocycles. The number of hydrogen-bond acceptors (Lipinski definition) is 3. The lowest BCUT2D eigenvalue weighted by molar-refractivity contribution is 1.19. The van der Waals surface area contributed by atoms with Gasteiger partial charge in [0.2, 0.25) is 0 Å². The lowest BCUT2D eigenvalue weighted by Crippen LogP contribution is -1.93. The lowest BCUT2D eigenvalue weighted by Gasteiger charge is -2.02. The van der Waals surface area contributed by atoms with Gasteiger partial charge in [-0.3, -0.25) is 0 Å². The number of anilines is 2. The van der Waals surface area contributed by atoms with Crippen molar-refractivity contribution in [3.63, 3.8) is 0 Å². The standard InChI is InChI=1S/C12H14N2S/c1-2-10-5-9(7-15-10)8-3-4-11(13)12(14)6-8/h3-7H,2,13-14H2,1H3. The Morgan fingerprint density at radius 1 is 1.07 bits per heavy atom. The van der Waals surface area contributed by atoms with Crippen LogP contribution < -0.4 is 11.5 Å². The van der Waals surface area contributed by atoms with E-state index in [0.717, 1.165) is 12.0 Å². The molecular formula is C12H14N2S. The molecule has 0 unspecified atom stereocenters. The molecule has 0 aliphatic rings. The van der Waals surface area contributed by atoms with Crippen molar-refractivity contribution in [3.05, 3.63) is 34.5 Å². The summed E-state index contributed by atoms with van der Waals surface area (Å²) in [4.78, 5) is 1.39. The van der Waals surface area contributed by atoms with Gasteiger partial charge in [0.05, 0.1) is 11.4 Å². The molecule has 2 nitrogen and oxygen atoms in total. The molecule has 0 saturated heterocycles. The van der Waals surface area contributed by atoms with Gasteiger partial charge in [0.15, 0.2) is 0 Å². The van der Waals surface area contributed by atoms with E-state index in [1.165, 1.54) is 10.4 Å². The summed E-state index contributed by atoms with van der Waals surface area (Å²) in [6.45, 7) is 2.16. The maximum absolute atomic E-state index is 5.78. The van der Waals surface area contributed by atoms with Crippen LogP contribution in [0.4, 0.5) is 11.4 Å². The van der Waals surface area contributed by atoms with E-state index >= 15 is 0 Å². The maximum Gasteiger partial charge on any atom is 0.0554 e. The largest absolute Gasteiger partial charge is 0.397 e. The molecule has 4 N–H and O–H groups in total. The Morgan fingerprint density at radius 2 is 1.87 bits per heavy atom. The van der Waals surface area contributed by atoms with Gasteiger partial charge in [-0.2, -0.15) is 0 Å². The first-order valence-electron chi connectivity index (χ1n) is 4.93. The molecular weight excluding hydrogens is 204 g/mol. The Bertz CT molecular complexity index is 474. The van der Waals surface area contributed by atoms with E-state index in [2.05, 4.69) is 18.4 Å². The molecule has 0 bridgehead atoms. The van der Waals surface area contributed by atoms with Crippen LogP contribution in [-0.2, 0) is 6.42 Å². The average molecular weight is 218 g/mol. The molecule has 0 spiro atoms. The van der Waals surface area contributed by atoms with E-state index in [4.69, 9.17) is 11.5 Å². The predicted molar refractivity (Wildman–Crippen MR) is 68.0 cm³/mol. The first kappa shape index (κ1) is 10.1. The van der Waals surface area contributed by atoms with Gasteiger partial charge >= 0.3 is 0 Å². The third-order valence-corrected chi connectivity index (χ3v) is 3.50. The summed E-state index contributed by atoms with van der Waals surface area (Å²) in [6.07, 6.45) is 1.08. The van der Waals surface area contributed by atoms with Crippen LogP contribution >= 0.6 is 11.3 Å². The van der Waals surface area contributed by atoms with Crippen LogP contribution in [0.5, 0.6) is 0 Å². The van der Waals surface area contributed by atoms with Crippen molar-refractivity contribution in [3.8, 4) is 11.1 Å². The van der Waals surface area contributed by atoms with Gasteiger partial charge in [0.25, 0.3) is 0 Å². The molecule has 3 heteroatoms. The summed E-state index contributed by atoms with van der Waals surface area (Å²) in [7, 11) is 0. The molecule has 1 heterocycles. The number of rotatable bonds is 2. The van der Waals surface area contributed by atoms with Crippen LogP contribution in [0.1, 0.15) is 11.8 Å². The molecule has 1 aromatic heterocycles. The number of nitrogen functional groups attached to an aromatic ring is 2. The summed E-state index contributed by atoms with van der Waals surface area (Å²) in [6, 6.07) is 7.99. The van der Waals surface area contributed by atoms with Crippen LogP contribution in [0.25, 0.3) is 11.1 Å². The molecule has 78 valence electrons. The zero-order chi connectivity index (χ0) is 10.8. The highest BCUT2D eigenvalue weighted by atomic mass is 32.1. The second-order valence-electron chi connectivity index (χ2n) is 3.50. The van der Waals surface area contributed by atoms with Gasteiger partial charge in [-0.25, -0.2) is 0 Å². The van der Waals surface area contributed by atoms with E-state index < -0.39 is 0 Å². The molecule has 15 heavy (non-hydrogen) atoms. The number of benzene rings is 1. The average Bonchev–Trinajstić information content (AvgIpc) is 2.70. The van der Waals surface area contributed by atoms with Crippen molar-refractivity contribution < 1.29 is 0 Å². The fourth-order valence-corrected chi connectivity index (χ4v) is 2.32. The van der Waals surface area contributed by atoms with Gasteiger partial charge in [-0.05, 0) is 41.1 Å². The second-order valence-corrected chi connectivity index (χ2v) is 4.49. The molecule has 0 atom stereocenters. The Kier molecular flexibility index (Phi) is 2.64. The Morgan fingerprint density at radius 3 is 2.47 bits per heavy atom. The third-order valence-electron chi connectivity index (χ3n) is 2.42. The number of nitrogens with two attached hydrogens (primary N) is 2. The first-order chi connectivity index (χ1) is 7.20. The highest BCUT2D eigenvalue weighted by molar-refractivity contribution is 7.10. The third kappa shape index (κ3) is 1.97. The fourth-order valence-electron chi connectivity index (χ4n) is 1.47. The van der Waals surface area contributed by atoms with E-state index in [1.807, 2.05) is 18.2 Å². The minimum atomic E-state index is 0.643. The zero-order valence-corrected chi connectivity index (χ0v) is 9.47. The van der Waals surface area contributed by atoms with Gasteiger partial charge in [-0.1, -0.05) is 13.0 Å². The Hall–Kier alpha value is -1.48. The predicted octanol–water partition coefficient (Wildman–Crippen LogP) is 3.14. The molecule has 1 aromatic carbocycles. The van der Waals surface area contributed by atoms with Gasteiger partial charge in [0, 0.05) is 4.88 Å². The quantitative estimate of drug-likeness (QED) is 0.761. The molecule has 0 saturated carbocycles. The molecule has 0 amide bonds. The molecule has 0 fully saturated rings. The molecule has 2 rings (SSSR count). The van der Waals surface area contributed by atoms with Crippen molar-refractivity contribution in [1.29, 1.82) is 0 Å². The van der Waals surface area contributed by atoms with Crippen molar-refractivity contribution in [2.75, 3.05) is 11.5 Å². The van der Waals surface area contributed by atoms with Crippen LogP contribution in [0.15, 0.2) is 29.6 Å². The SMILES string of the molecule is CCc1cc(-c2ccc(N)c(N)c2)cs1. The fraction of sp³-hybridized carbons (Fsp3) is 0.167. The number of thiophene rings is 1. The second kappa shape index (κ2) is 3.95. The molecule has 0 radical (unpaired) electrons. The van der Waals surface area contributed by atoms with Crippen molar-refractivity contribution in [2.24, 2.45) is 0 Å². The number of aryl methyl sites for hydroxylation is 1.